The van der Waals surface area contributed by atoms with Crippen LogP contribution in [0.15, 0.2) is 34.1 Å². The highest BCUT2D eigenvalue weighted by molar-refractivity contribution is 7.91. The second-order valence-corrected chi connectivity index (χ2v) is 8.55. The summed E-state index contributed by atoms with van der Waals surface area (Å²) >= 11 is 1.19. The summed E-state index contributed by atoms with van der Waals surface area (Å²) < 4.78 is 27.5. The van der Waals surface area contributed by atoms with Crippen molar-refractivity contribution < 1.29 is 13.2 Å². The first-order valence-electron chi connectivity index (χ1n) is 7.59. The number of piperidine rings is 1. The highest BCUT2D eigenvalue weighted by atomic mass is 32.2. The summed E-state index contributed by atoms with van der Waals surface area (Å²) in [6.07, 6.45) is 4.20. The maximum atomic E-state index is 12.4. The minimum atomic E-state index is -3.47. The Balaban J connectivity index is 1.58. The summed E-state index contributed by atoms with van der Waals surface area (Å²) in [6, 6.07) is 3.13. The van der Waals surface area contributed by atoms with Gasteiger partial charge in [0.05, 0.1) is 11.9 Å². The standard InChI is InChI=1S/C15H18N4O3S2/c1-11-9-17-13(10-16-11)15(20)19-6-4-12(5-7-19)18-24(21,22)14-3-2-8-23-14/h2-3,8-10,12,18H,4-7H2,1H3. The number of nitrogens with zero attached hydrogens (tertiary/aromatic N) is 3. The van der Waals surface area contributed by atoms with E-state index in [1.165, 1.54) is 17.5 Å². The molecule has 0 saturated carbocycles. The number of likely N-dealkylation sites (tertiary alicyclic amines) is 1. The molecule has 0 atom stereocenters. The summed E-state index contributed by atoms with van der Waals surface area (Å²) in [7, 11) is -3.47. The lowest BCUT2D eigenvalue weighted by atomic mass is 10.1. The maximum Gasteiger partial charge on any atom is 0.274 e. The fraction of sp³-hybridized carbons (Fsp3) is 0.400. The number of hydrogen-bond acceptors (Lipinski definition) is 6. The number of nitrogens with one attached hydrogen (secondary N) is 1. The molecular weight excluding hydrogens is 348 g/mol. The van der Waals surface area contributed by atoms with E-state index in [0.29, 0.717) is 35.8 Å². The summed E-state index contributed by atoms with van der Waals surface area (Å²) in [5, 5.41) is 1.73. The van der Waals surface area contributed by atoms with Gasteiger partial charge in [0, 0.05) is 25.3 Å². The van der Waals surface area contributed by atoms with Crippen LogP contribution in [0.25, 0.3) is 0 Å². The molecule has 1 saturated heterocycles. The summed E-state index contributed by atoms with van der Waals surface area (Å²) in [5.41, 5.74) is 1.08. The first-order chi connectivity index (χ1) is 11.5. The fourth-order valence-corrected chi connectivity index (χ4v) is 4.87. The van der Waals surface area contributed by atoms with E-state index in [0.717, 1.165) is 5.69 Å². The molecule has 0 bridgehead atoms. The molecule has 24 heavy (non-hydrogen) atoms. The molecule has 0 aliphatic carbocycles. The number of carbonyl (C=O) groups excluding carboxylic acids is 1. The van der Waals surface area contributed by atoms with Crippen LogP contribution in [0.2, 0.25) is 0 Å². The van der Waals surface area contributed by atoms with Crippen molar-refractivity contribution in [3.63, 3.8) is 0 Å². The lowest BCUT2D eigenvalue weighted by molar-refractivity contribution is 0.0705. The maximum absolute atomic E-state index is 12.4. The predicted octanol–water partition coefficient (Wildman–Crippen LogP) is 1.43. The van der Waals surface area contributed by atoms with Crippen LogP contribution in [0, 0.1) is 6.92 Å². The molecule has 2 aromatic rings. The van der Waals surface area contributed by atoms with Gasteiger partial charge in [0.2, 0.25) is 10.0 Å². The van der Waals surface area contributed by atoms with Crippen molar-refractivity contribution in [2.45, 2.75) is 30.0 Å². The van der Waals surface area contributed by atoms with E-state index >= 15 is 0 Å². The number of aryl methyl sites for hydroxylation is 1. The zero-order chi connectivity index (χ0) is 17.2. The van der Waals surface area contributed by atoms with Crippen LogP contribution >= 0.6 is 11.3 Å². The summed E-state index contributed by atoms with van der Waals surface area (Å²) in [4.78, 5) is 22.3. The van der Waals surface area contributed by atoms with Crippen LogP contribution in [0.5, 0.6) is 0 Å². The Hall–Kier alpha value is -1.84. The number of sulfonamides is 1. The van der Waals surface area contributed by atoms with Gasteiger partial charge in [-0.1, -0.05) is 6.07 Å². The Morgan fingerprint density at radius 3 is 2.62 bits per heavy atom. The van der Waals surface area contributed by atoms with Crippen LogP contribution in [0.1, 0.15) is 29.0 Å². The smallest absolute Gasteiger partial charge is 0.274 e. The molecule has 1 aliphatic heterocycles. The van der Waals surface area contributed by atoms with Crippen molar-refractivity contribution in [3.8, 4) is 0 Å². The van der Waals surface area contributed by atoms with Crippen molar-refractivity contribution in [1.29, 1.82) is 0 Å². The molecule has 3 rings (SSSR count). The van der Waals surface area contributed by atoms with Gasteiger partial charge in [-0.2, -0.15) is 0 Å². The highest BCUT2D eigenvalue weighted by Gasteiger charge is 2.28. The SMILES string of the molecule is Cc1cnc(C(=O)N2CCC(NS(=O)(=O)c3cccs3)CC2)cn1. The first kappa shape index (κ1) is 17.0. The number of hydrogen-bond donors (Lipinski definition) is 1. The Kier molecular flexibility index (Phi) is 4.93. The van der Waals surface area contributed by atoms with E-state index < -0.39 is 10.0 Å². The van der Waals surface area contributed by atoms with Gasteiger partial charge in [-0.05, 0) is 31.2 Å². The molecule has 2 aromatic heterocycles. The first-order valence-corrected chi connectivity index (χ1v) is 9.96. The fourth-order valence-electron chi connectivity index (χ4n) is 2.56. The molecule has 1 fully saturated rings. The quantitative estimate of drug-likeness (QED) is 0.884. The predicted molar refractivity (Wildman–Crippen MR) is 90.3 cm³/mol. The molecule has 1 N–H and O–H groups in total. The van der Waals surface area contributed by atoms with Crippen molar-refractivity contribution in [2.24, 2.45) is 0 Å². The molecule has 0 spiro atoms. The molecule has 0 aromatic carbocycles. The Morgan fingerprint density at radius 1 is 1.29 bits per heavy atom. The molecule has 0 radical (unpaired) electrons. The van der Waals surface area contributed by atoms with Crippen molar-refractivity contribution in [3.05, 3.63) is 41.3 Å². The lowest BCUT2D eigenvalue weighted by Gasteiger charge is -2.31. The Bertz CT molecular complexity index is 796. The monoisotopic (exact) mass is 366 g/mol. The summed E-state index contributed by atoms with van der Waals surface area (Å²) in [5.74, 6) is -0.165. The average molecular weight is 366 g/mol. The van der Waals surface area contributed by atoms with Gasteiger partial charge < -0.3 is 4.90 Å². The topological polar surface area (TPSA) is 92.3 Å². The second kappa shape index (κ2) is 6.96. The molecule has 7 nitrogen and oxygen atoms in total. The van der Waals surface area contributed by atoms with Crippen molar-refractivity contribution in [2.75, 3.05) is 13.1 Å². The molecular formula is C15H18N4O3S2. The van der Waals surface area contributed by atoms with Gasteiger partial charge in [-0.3, -0.25) is 9.78 Å². The zero-order valence-electron chi connectivity index (χ0n) is 13.2. The normalized spacial score (nSPS) is 16.3. The highest BCUT2D eigenvalue weighted by Crippen LogP contribution is 2.19. The zero-order valence-corrected chi connectivity index (χ0v) is 14.8. The van der Waals surface area contributed by atoms with Crippen LogP contribution < -0.4 is 4.72 Å². The van der Waals surface area contributed by atoms with E-state index in [1.54, 1.807) is 28.6 Å². The van der Waals surface area contributed by atoms with E-state index in [-0.39, 0.29) is 11.9 Å². The lowest BCUT2D eigenvalue weighted by Crippen LogP contribution is -2.46. The molecule has 3 heterocycles. The third-order valence-electron chi connectivity index (χ3n) is 3.86. The Labute approximate surface area is 144 Å². The van der Waals surface area contributed by atoms with Gasteiger partial charge in [0.1, 0.15) is 9.90 Å². The average Bonchev–Trinajstić information content (AvgIpc) is 3.11. The third kappa shape index (κ3) is 3.80. The third-order valence-corrected chi connectivity index (χ3v) is 6.78. The largest absolute Gasteiger partial charge is 0.337 e. The van der Waals surface area contributed by atoms with Crippen LogP contribution in [-0.2, 0) is 10.0 Å². The number of rotatable bonds is 4. The number of amides is 1. The Morgan fingerprint density at radius 2 is 2.04 bits per heavy atom. The van der Waals surface area contributed by atoms with Gasteiger partial charge >= 0.3 is 0 Å². The van der Waals surface area contributed by atoms with Crippen molar-refractivity contribution >= 4 is 27.3 Å². The van der Waals surface area contributed by atoms with E-state index in [1.807, 2.05) is 6.92 Å². The van der Waals surface area contributed by atoms with E-state index in [4.69, 9.17) is 0 Å². The van der Waals surface area contributed by atoms with Gasteiger partial charge in [0.15, 0.2) is 0 Å². The molecule has 128 valence electrons. The molecule has 1 aliphatic rings. The second-order valence-electron chi connectivity index (χ2n) is 5.66. The van der Waals surface area contributed by atoms with Crippen LogP contribution in [-0.4, -0.2) is 48.3 Å². The molecule has 0 unspecified atom stereocenters. The number of thiophene rings is 1. The molecule has 9 heteroatoms. The number of aromatic nitrogens is 2. The van der Waals surface area contributed by atoms with Crippen molar-refractivity contribution in [1.82, 2.24) is 19.6 Å². The van der Waals surface area contributed by atoms with Gasteiger partial charge in [-0.25, -0.2) is 18.1 Å². The van der Waals surface area contributed by atoms with Gasteiger partial charge in [0.25, 0.3) is 5.91 Å². The minimum absolute atomic E-state index is 0.162. The minimum Gasteiger partial charge on any atom is -0.337 e. The van der Waals surface area contributed by atoms with E-state index in [2.05, 4.69) is 14.7 Å². The van der Waals surface area contributed by atoms with E-state index in [9.17, 15) is 13.2 Å². The molecule has 1 amide bonds. The summed E-state index contributed by atoms with van der Waals surface area (Å²) in [6.45, 7) is 2.80. The van der Waals surface area contributed by atoms with Crippen LogP contribution in [0.3, 0.4) is 0 Å². The number of carbonyl (C=O) groups is 1. The van der Waals surface area contributed by atoms with Crippen LogP contribution in [0.4, 0.5) is 0 Å². The van der Waals surface area contributed by atoms with Gasteiger partial charge in [-0.15, -0.1) is 11.3 Å².